The molecule has 0 radical (unpaired) electrons. The zero-order valence-corrected chi connectivity index (χ0v) is 18.8. The highest BCUT2D eigenvalue weighted by molar-refractivity contribution is 7.99. The fourth-order valence-electron chi connectivity index (χ4n) is 4.03. The third-order valence-electron chi connectivity index (χ3n) is 5.64. The number of benzene rings is 1. The maximum absolute atomic E-state index is 12.4. The minimum atomic E-state index is -0.157. The fourth-order valence-corrected chi connectivity index (χ4v) is 4.82. The first-order chi connectivity index (χ1) is 15.0. The van der Waals surface area contributed by atoms with Crippen molar-refractivity contribution in [3.8, 4) is 17.1 Å². The molecule has 0 bridgehead atoms. The van der Waals surface area contributed by atoms with Crippen LogP contribution in [0.4, 0.5) is 5.82 Å². The van der Waals surface area contributed by atoms with Gasteiger partial charge in [0.2, 0.25) is 5.91 Å². The van der Waals surface area contributed by atoms with Crippen molar-refractivity contribution in [1.82, 2.24) is 19.9 Å². The van der Waals surface area contributed by atoms with Crippen molar-refractivity contribution in [2.24, 2.45) is 5.92 Å². The van der Waals surface area contributed by atoms with Crippen molar-refractivity contribution < 1.29 is 14.1 Å². The van der Waals surface area contributed by atoms with Crippen LogP contribution in [0.15, 0.2) is 40.0 Å². The molecule has 0 saturated heterocycles. The molecule has 4 rings (SSSR count). The number of aryl methyl sites for hydroxylation is 1. The van der Waals surface area contributed by atoms with Gasteiger partial charge >= 0.3 is 0 Å². The van der Waals surface area contributed by atoms with E-state index in [0.717, 1.165) is 28.7 Å². The molecular weight excluding hydrogens is 414 g/mol. The minimum absolute atomic E-state index is 0.157. The Morgan fingerprint density at radius 1 is 1.26 bits per heavy atom. The zero-order valence-electron chi connectivity index (χ0n) is 18.0. The Morgan fingerprint density at radius 3 is 2.71 bits per heavy atom. The summed E-state index contributed by atoms with van der Waals surface area (Å²) in [6, 6.07) is 9.86. The number of thioether (sulfide) groups is 1. The summed E-state index contributed by atoms with van der Waals surface area (Å²) in [5.41, 5.74) is 0.987. The number of amides is 1. The average molecular weight is 442 g/mol. The number of nitrogens with zero attached hydrogens (tertiary/aromatic N) is 4. The Balaban J connectivity index is 1.57. The largest absolute Gasteiger partial charge is 0.497 e. The van der Waals surface area contributed by atoms with Gasteiger partial charge in [0.15, 0.2) is 16.8 Å². The second kappa shape index (κ2) is 9.55. The summed E-state index contributed by atoms with van der Waals surface area (Å²) in [7, 11) is 1.65. The van der Waals surface area contributed by atoms with E-state index in [0.29, 0.717) is 23.5 Å². The number of carbonyl (C=O) groups is 1. The number of anilines is 1. The van der Waals surface area contributed by atoms with E-state index < -0.39 is 0 Å². The lowest BCUT2D eigenvalue weighted by Gasteiger charge is -2.31. The summed E-state index contributed by atoms with van der Waals surface area (Å²) in [6.45, 7) is 4.07. The predicted molar refractivity (Wildman–Crippen MR) is 119 cm³/mol. The van der Waals surface area contributed by atoms with Gasteiger partial charge in [-0.2, -0.15) is 0 Å². The maximum atomic E-state index is 12.4. The van der Waals surface area contributed by atoms with Gasteiger partial charge in [0.1, 0.15) is 11.5 Å². The fraction of sp³-hybridized carbons (Fsp3) is 0.455. The van der Waals surface area contributed by atoms with Crippen molar-refractivity contribution in [1.29, 1.82) is 0 Å². The Hall–Kier alpha value is -2.81. The van der Waals surface area contributed by atoms with Crippen LogP contribution in [0.3, 0.4) is 0 Å². The maximum Gasteiger partial charge on any atom is 0.236 e. The first kappa shape index (κ1) is 21.4. The second-order valence-electron chi connectivity index (χ2n) is 7.89. The molecule has 3 aromatic rings. The molecular formula is C22H27N5O3S. The van der Waals surface area contributed by atoms with E-state index in [1.54, 1.807) is 20.1 Å². The summed E-state index contributed by atoms with van der Waals surface area (Å²) in [4.78, 5) is 12.4. The van der Waals surface area contributed by atoms with Gasteiger partial charge in [0.25, 0.3) is 0 Å². The predicted octanol–water partition coefficient (Wildman–Crippen LogP) is 4.73. The molecule has 0 spiro atoms. The molecule has 1 saturated carbocycles. The number of nitrogens with one attached hydrogen (secondary N) is 1. The molecule has 2 heterocycles. The van der Waals surface area contributed by atoms with Gasteiger partial charge in [-0.1, -0.05) is 36.7 Å². The lowest BCUT2D eigenvalue weighted by Crippen LogP contribution is -2.23. The number of aromatic nitrogens is 4. The molecule has 0 aliphatic heterocycles. The summed E-state index contributed by atoms with van der Waals surface area (Å²) < 4.78 is 12.5. The molecule has 1 aliphatic carbocycles. The third kappa shape index (κ3) is 4.92. The van der Waals surface area contributed by atoms with Crippen molar-refractivity contribution in [3.05, 3.63) is 36.1 Å². The first-order valence-corrected chi connectivity index (χ1v) is 11.5. The van der Waals surface area contributed by atoms with E-state index >= 15 is 0 Å². The first-order valence-electron chi connectivity index (χ1n) is 10.5. The molecule has 1 aromatic carbocycles. The van der Waals surface area contributed by atoms with E-state index in [1.165, 1.54) is 31.0 Å². The van der Waals surface area contributed by atoms with Crippen LogP contribution in [0.1, 0.15) is 44.4 Å². The van der Waals surface area contributed by atoms with Gasteiger partial charge in [-0.15, -0.1) is 10.2 Å². The van der Waals surface area contributed by atoms with E-state index in [1.807, 2.05) is 24.3 Å². The molecule has 2 aromatic heterocycles. The molecule has 31 heavy (non-hydrogen) atoms. The summed E-state index contributed by atoms with van der Waals surface area (Å²) in [6.07, 6.45) is 4.70. The monoisotopic (exact) mass is 441 g/mol. The number of hydrogen-bond acceptors (Lipinski definition) is 7. The van der Waals surface area contributed by atoms with Crippen molar-refractivity contribution in [3.63, 3.8) is 0 Å². The lowest BCUT2D eigenvalue weighted by atomic mass is 9.85. The summed E-state index contributed by atoms with van der Waals surface area (Å²) in [5, 5.41) is 16.3. The van der Waals surface area contributed by atoms with Crippen LogP contribution in [0.25, 0.3) is 11.4 Å². The summed E-state index contributed by atoms with van der Waals surface area (Å²) >= 11 is 1.39. The van der Waals surface area contributed by atoms with Crippen molar-refractivity contribution in [2.45, 2.75) is 50.7 Å². The number of hydrogen-bond donors (Lipinski definition) is 1. The van der Waals surface area contributed by atoms with Crippen LogP contribution in [-0.2, 0) is 4.79 Å². The van der Waals surface area contributed by atoms with E-state index in [-0.39, 0.29) is 11.7 Å². The van der Waals surface area contributed by atoms with Crippen LogP contribution >= 0.6 is 11.8 Å². The Morgan fingerprint density at radius 2 is 2.03 bits per heavy atom. The Bertz CT molecular complexity index is 1030. The topological polar surface area (TPSA) is 95.1 Å². The molecule has 1 N–H and O–H groups in total. The number of rotatable bonds is 7. The van der Waals surface area contributed by atoms with Gasteiger partial charge in [-0.05, 0) is 49.9 Å². The highest BCUT2D eigenvalue weighted by atomic mass is 32.2. The number of ether oxygens (including phenoxy) is 1. The van der Waals surface area contributed by atoms with E-state index in [9.17, 15) is 4.79 Å². The van der Waals surface area contributed by atoms with Gasteiger partial charge in [-0.3, -0.25) is 9.36 Å². The lowest BCUT2D eigenvalue weighted by molar-refractivity contribution is -0.113. The van der Waals surface area contributed by atoms with Crippen LogP contribution in [0.2, 0.25) is 0 Å². The van der Waals surface area contributed by atoms with Crippen LogP contribution in [-0.4, -0.2) is 38.7 Å². The van der Waals surface area contributed by atoms with Gasteiger partial charge in [0, 0.05) is 17.7 Å². The zero-order chi connectivity index (χ0) is 21.8. The van der Waals surface area contributed by atoms with Crippen molar-refractivity contribution in [2.75, 3.05) is 18.2 Å². The van der Waals surface area contributed by atoms with Crippen molar-refractivity contribution >= 4 is 23.5 Å². The quantitative estimate of drug-likeness (QED) is 0.530. The van der Waals surface area contributed by atoms with Crippen LogP contribution in [0, 0.1) is 12.8 Å². The van der Waals surface area contributed by atoms with Crippen LogP contribution < -0.4 is 10.1 Å². The molecule has 1 amide bonds. The highest BCUT2D eigenvalue weighted by Gasteiger charge is 2.29. The minimum Gasteiger partial charge on any atom is -0.497 e. The number of methoxy groups -OCH3 is 1. The standard InChI is InChI=1S/C22H27N5O3S/c1-14-6-4-5-7-18(14)27-21(16-8-10-17(29-3)11-9-16)24-25-22(27)31-13-20(28)23-19-12-15(2)30-26-19/h8-12,14,18H,4-7,13H2,1-3H3,(H,23,26,28). The van der Waals surface area contributed by atoms with Gasteiger partial charge in [-0.25, -0.2) is 0 Å². The smallest absolute Gasteiger partial charge is 0.236 e. The molecule has 1 fully saturated rings. The number of carbonyl (C=O) groups excluding carboxylic acids is 1. The second-order valence-corrected chi connectivity index (χ2v) is 8.84. The Kier molecular flexibility index (Phi) is 6.60. The van der Waals surface area contributed by atoms with Gasteiger partial charge < -0.3 is 14.6 Å². The molecule has 164 valence electrons. The third-order valence-corrected chi connectivity index (χ3v) is 6.58. The normalized spacial score (nSPS) is 18.7. The molecule has 2 unspecified atom stereocenters. The molecule has 2 atom stereocenters. The van der Waals surface area contributed by atoms with Crippen LogP contribution in [0.5, 0.6) is 5.75 Å². The molecule has 9 heteroatoms. The van der Waals surface area contributed by atoms with E-state index in [4.69, 9.17) is 9.26 Å². The highest BCUT2D eigenvalue weighted by Crippen LogP contribution is 2.39. The van der Waals surface area contributed by atoms with Gasteiger partial charge in [0.05, 0.1) is 12.9 Å². The van der Waals surface area contributed by atoms with E-state index in [2.05, 4.69) is 32.2 Å². The summed E-state index contributed by atoms with van der Waals surface area (Å²) in [5.74, 6) is 3.28. The SMILES string of the molecule is COc1ccc(-c2nnc(SCC(=O)Nc3cc(C)on3)n2C2CCCCC2C)cc1. The average Bonchev–Trinajstić information content (AvgIpc) is 3.38. The Labute approximate surface area is 185 Å². The molecule has 1 aliphatic rings. The molecule has 8 nitrogen and oxygen atoms in total.